The second-order valence-corrected chi connectivity index (χ2v) is 6.70. The minimum Gasteiger partial charge on any atom is -0.378 e. The molecule has 9 heteroatoms. The van der Waals surface area contributed by atoms with Gasteiger partial charge in [-0.3, -0.25) is 0 Å². The smallest absolute Gasteiger partial charge is 0.245 e. The summed E-state index contributed by atoms with van der Waals surface area (Å²) in [5, 5.41) is 0.162. The van der Waals surface area contributed by atoms with E-state index in [4.69, 9.17) is 22.2 Å². The molecule has 0 aromatic carbocycles. The quantitative estimate of drug-likeness (QED) is 0.629. The molecule has 112 valence electrons. The van der Waals surface area contributed by atoms with Crippen molar-refractivity contribution >= 4 is 27.4 Å². The van der Waals surface area contributed by atoms with Crippen LogP contribution in [0, 0.1) is 0 Å². The fourth-order valence-electron chi connectivity index (χ4n) is 2.08. The monoisotopic (exact) mass is 320 g/mol. The van der Waals surface area contributed by atoms with Gasteiger partial charge in [-0.15, -0.1) is 0 Å². The molecule has 0 amide bonds. The first-order valence-corrected chi connectivity index (χ1v) is 8.04. The molecule has 0 aliphatic carbocycles. The molecule has 20 heavy (non-hydrogen) atoms. The fraction of sp³-hybridized carbons (Fsp3) is 0.545. The zero-order valence-electron chi connectivity index (χ0n) is 11.0. The normalized spacial score (nSPS) is 20.9. The van der Waals surface area contributed by atoms with E-state index in [-0.39, 0.29) is 21.8 Å². The van der Waals surface area contributed by atoms with Crippen LogP contribution in [-0.4, -0.2) is 43.5 Å². The Labute approximate surface area is 123 Å². The average molecular weight is 321 g/mol. The molecule has 1 unspecified atom stereocenters. The van der Waals surface area contributed by atoms with E-state index in [1.54, 1.807) is 0 Å². The molecule has 0 bridgehead atoms. The van der Waals surface area contributed by atoms with Gasteiger partial charge in [0, 0.05) is 18.8 Å². The Morgan fingerprint density at radius 1 is 1.65 bits per heavy atom. The van der Waals surface area contributed by atoms with E-state index in [1.807, 2.05) is 6.92 Å². The Morgan fingerprint density at radius 3 is 3.00 bits per heavy atom. The number of pyridine rings is 1. The molecule has 2 rings (SSSR count). The number of hydrogen-bond acceptors (Lipinski definition) is 6. The minimum absolute atomic E-state index is 0.0573. The molecule has 1 aromatic heterocycles. The summed E-state index contributed by atoms with van der Waals surface area (Å²) in [6, 6.07) is 1.18. The third kappa shape index (κ3) is 2.89. The molecule has 1 fully saturated rings. The van der Waals surface area contributed by atoms with Crippen molar-refractivity contribution in [2.75, 3.05) is 25.2 Å². The number of hydrogen-bond donors (Lipinski definition) is 2. The molecule has 1 aliphatic rings. The van der Waals surface area contributed by atoms with E-state index in [0.717, 1.165) is 0 Å². The van der Waals surface area contributed by atoms with Crippen LogP contribution < -0.4 is 11.3 Å². The van der Waals surface area contributed by atoms with Crippen LogP contribution in [0.15, 0.2) is 17.2 Å². The minimum atomic E-state index is -3.63. The highest BCUT2D eigenvalue weighted by Gasteiger charge is 2.33. The van der Waals surface area contributed by atoms with Crippen LogP contribution >= 0.6 is 11.6 Å². The fourth-order valence-corrected chi connectivity index (χ4v) is 4.01. The van der Waals surface area contributed by atoms with Gasteiger partial charge in [-0.25, -0.2) is 19.2 Å². The SMILES string of the molecule is CCC1COCCN1S(=O)(=O)c1cnc(NN)c(Cl)c1. The largest absolute Gasteiger partial charge is 0.378 e. The molecule has 1 aliphatic heterocycles. The van der Waals surface area contributed by atoms with Gasteiger partial charge in [0.2, 0.25) is 10.0 Å². The second-order valence-electron chi connectivity index (χ2n) is 4.40. The predicted octanol–water partition coefficient (Wildman–Crippen LogP) is 0.820. The van der Waals surface area contributed by atoms with Crippen molar-refractivity contribution in [3.05, 3.63) is 17.3 Å². The predicted molar refractivity (Wildman–Crippen MR) is 75.8 cm³/mol. The lowest BCUT2D eigenvalue weighted by Crippen LogP contribution is -2.48. The van der Waals surface area contributed by atoms with Crippen molar-refractivity contribution in [3.8, 4) is 0 Å². The first-order chi connectivity index (χ1) is 9.50. The maximum absolute atomic E-state index is 12.6. The van der Waals surface area contributed by atoms with Gasteiger partial charge in [0.1, 0.15) is 4.90 Å². The molecular weight excluding hydrogens is 304 g/mol. The molecule has 1 atom stereocenters. The van der Waals surface area contributed by atoms with E-state index in [0.29, 0.717) is 26.2 Å². The topological polar surface area (TPSA) is 97.5 Å². The van der Waals surface area contributed by atoms with Crippen LogP contribution in [0.4, 0.5) is 5.82 Å². The number of rotatable bonds is 4. The zero-order chi connectivity index (χ0) is 14.8. The number of sulfonamides is 1. The van der Waals surface area contributed by atoms with Gasteiger partial charge in [-0.2, -0.15) is 4.31 Å². The van der Waals surface area contributed by atoms with Gasteiger partial charge >= 0.3 is 0 Å². The van der Waals surface area contributed by atoms with Crippen molar-refractivity contribution in [1.29, 1.82) is 0 Å². The number of nitrogen functional groups attached to an aromatic ring is 1. The number of morpholine rings is 1. The zero-order valence-corrected chi connectivity index (χ0v) is 12.6. The summed E-state index contributed by atoms with van der Waals surface area (Å²) in [7, 11) is -3.63. The third-order valence-electron chi connectivity index (χ3n) is 3.20. The van der Waals surface area contributed by atoms with E-state index >= 15 is 0 Å². The first-order valence-electron chi connectivity index (χ1n) is 6.22. The third-order valence-corrected chi connectivity index (χ3v) is 5.41. The van der Waals surface area contributed by atoms with Crippen LogP contribution in [-0.2, 0) is 14.8 Å². The van der Waals surface area contributed by atoms with Crippen molar-refractivity contribution in [2.24, 2.45) is 5.84 Å². The summed E-state index contributed by atoms with van der Waals surface area (Å²) >= 11 is 5.93. The van der Waals surface area contributed by atoms with Gasteiger partial charge in [0.15, 0.2) is 5.82 Å². The lowest BCUT2D eigenvalue weighted by atomic mass is 10.2. The summed E-state index contributed by atoms with van der Waals surface area (Å²) < 4.78 is 32.0. The summed E-state index contributed by atoms with van der Waals surface area (Å²) in [6.45, 7) is 3.04. The van der Waals surface area contributed by atoms with Crippen molar-refractivity contribution in [2.45, 2.75) is 24.3 Å². The van der Waals surface area contributed by atoms with Crippen LogP contribution in [0.1, 0.15) is 13.3 Å². The molecule has 2 heterocycles. The highest BCUT2D eigenvalue weighted by Crippen LogP contribution is 2.26. The number of hydrazine groups is 1. The molecule has 1 saturated heterocycles. The lowest BCUT2D eigenvalue weighted by molar-refractivity contribution is 0.0314. The molecule has 3 N–H and O–H groups in total. The average Bonchev–Trinajstić information content (AvgIpc) is 2.47. The summed E-state index contributed by atoms with van der Waals surface area (Å²) in [6.07, 6.45) is 1.93. The summed E-state index contributed by atoms with van der Waals surface area (Å²) in [5.74, 6) is 5.46. The van der Waals surface area contributed by atoms with Crippen molar-refractivity contribution < 1.29 is 13.2 Å². The van der Waals surface area contributed by atoms with E-state index in [1.165, 1.54) is 16.6 Å². The van der Waals surface area contributed by atoms with Crippen molar-refractivity contribution in [3.63, 3.8) is 0 Å². The number of ether oxygens (including phenoxy) is 1. The highest BCUT2D eigenvalue weighted by atomic mass is 35.5. The number of aromatic nitrogens is 1. The van der Waals surface area contributed by atoms with Gasteiger partial charge < -0.3 is 10.2 Å². The van der Waals surface area contributed by atoms with Crippen LogP contribution in [0.2, 0.25) is 5.02 Å². The number of halogens is 1. The molecule has 0 spiro atoms. The van der Waals surface area contributed by atoms with Crippen LogP contribution in [0.3, 0.4) is 0 Å². The molecule has 0 saturated carbocycles. The number of nitrogens with zero attached hydrogens (tertiary/aromatic N) is 2. The highest BCUT2D eigenvalue weighted by molar-refractivity contribution is 7.89. The standard InChI is InChI=1S/C11H17ClN4O3S/c1-2-8-7-19-4-3-16(8)20(17,18)9-5-10(12)11(15-13)14-6-9/h5-6,8H,2-4,7,13H2,1H3,(H,14,15). The van der Waals surface area contributed by atoms with E-state index in [9.17, 15) is 8.42 Å². The molecule has 0 radical (unpaired) electrons. The Bertz CT molecular complexity index is 581. The lowest BCUT2D eigenvalue weighted by Gasteiger charge is -2.33. The Hall–Kier alpha value is -0.930. The van der Waals surface area contributed by atoms with Gasteiger partial charge in [0.25, 0.3) is 0 Å². The van der Waals surface area contributed by atoms with Crippen LogP contribution in [0.25, 0.3) is 0 Å². The van der Waals surface area contributed by atoms with Gasteiger partial charge in [0.05, 0.1) is 18.2 Å². The maximum Gasteiger partial charge on any atom is 0.245 e. The Balaban J connectivity index is 2.36. The van der Waals surface area contributed by atoms with Gasteiger partial charge in [-0.05, 0) is 12.5 Å². The maximum atomic E-state index is 12.6. The summed E-state index contributed by atoms with van der Waals surface area (Å²) in [5.41, 5.74) is 2.30. The van der Waals surface area contributed by atoms with E-state index in [2.05, 4.69) is 10.4 Å². The van der Waals surface area contributed by atoms with Gasteiger partial charge in [-0.1, -0.05) is 18.5 Å². The number of anilines is 1. The Morgan fingerprint density at radius 2 is 2.40 bits per heavy atom. The summed E-state index contributed by atoms with van der Waals surface area (Å²) in [4.78, 5) is 3.96. The second kappa shape index (κ2) is 6.23. The molecular formula is C11H17ClN4O3S. The van der Waals surface area contributed by atoms with E-state index < -0.39 is 10.0 Å². The Kier molecular flexibility index (Phi) is 4.82. The molecule has 7 nitrogen and oxygen atoms in total. The molecule has 1 aromatic rings. The first kappa shape index (κ1) is 15.5. The van der Waals surface area contributed by atoms with Crippen molar-refractivity contribution in [1.82, 2.24) is 9.29 Å². The number of nitrogens with one attached hydrogen (secondary N) is 1. The van der Waals surface area contributed by atoms with Crippen LogP contribution in [0.5, 0.6) is 0 Å². The number of nitrogens with two attached hydrogens (primary N) is 1.